The van der Waals surface area contributed by atoms with Gasteiger partial charge in [-0.15, -0.1) is 0 Å². The third-order valence-electron chi connectivity index (χ3n) is 2.47. The zero-order chi connectivity index (χ0) is 14.9. The van der Waals surface area contributed by atoms with Crippen molar-refractivity contribution in [2.75, 3.05) is 81.2 Å². The molecule has 7 nitrogen and oxygen atoms in total. The molecule has 7 heteroatoms. The van der Waals surface area contributed by atoms with Gasteiger partial charge in [0.2, 0.25) is 0 Å². The van der Waals surface area contributed by atoms with Gasteiger partial charge in [0.1, 0.15) is 20.4 Å². The third kappa shape index (κ3) is 14.1. The lowest BCUT2D eigenvalue weighted by molar-refractivity contribution is -0.0521. The fourth-order valence-electron chi connectivity index (χ4n) is 1.54. The summed E-state index contributed by atoms with van der Waals surface area (Å²) in [6.07, 6.45) is 0.942. The maximum Gasteiger partial charge on any atom is 0.146 e. The summed E-state index contributed by atoms with van der Waals surface area (Å²) < 4.78 is 30.4. The minimum absolute atomic E-state index is 0.324. The molecule has 20 heavy (non-hydrogen) atoms. The smallest absolute Gasteiger partial charge is 0.146 e. The van der Waals surface area contributed by atoms with Crippen molar-refractivity contribution in [2.45, 2.75) is 6.42 Å². The van der Waals surface area contributed by atoms with Gasteiger partial charge < -0.3 is 28.4 Å². The van der Waals surface area contributed by atoms with Crippen LogP contribution < -0.4 is 0 Å². The lowest BCUT2D eigenvalue weighted by atomic mass is 10.4. The molecule has 0 spiro atoms. The first-order valence-corrected chi connectivity index (χ1v) is 6.77. The summed E-state index contributed by atoms with van der Waals surface area (Å²) in [4.78, 5) is 2.27. The summed E-state index contributed by atoms with van der Waals surface area (Å²) in [5, 5.41) is 0. The van der Waals surface area contributed by atoms with E-state index in [1.807, 2.05) is 0 Å². The largest absolute Gasteiger partial charge is 0.359 e. The van der Waals surface area contributed by atoms with E-state index in [2.05, 4.69) is 4.90 Å². The zero-order valence-electron chi connectivity index (χ0n) is 13.0. The van der Waals surface area contributed by atoms with Gasteiger partial charge in [0.15, 0.2) is 0 Å². The van der Waals surface area contributed by atoms with Crippen molar-refractivity contribution in [1.29, 1.82) is 0 Å². The Hall–Kier alpha value is -0.280. The second-order valence-electron chi connectivity index (χ2n) is 4.14. The first-order chi connectivity index (χ1) is 9.85. The van der Waals surface area contributed by atoms with Crippen molar-refractivity contribution in [3.63, 3.8) is 0 Å². The summed E-state index contributed by atoms with van der Waals surface area (Å²) in [6.45, 7) is 5.55. The molecule has 0 N–H and O–H groups in total. The molecule has 0 rings (SSSR count). The van der Waals surface area contributed by atoms with Gasteiger partial charge >= 0.3 is 0 Å². The molecule has 0 amide bonds. The summed E-state index contributed by atoms with van der Waals surface area (Å²) in [5.41, 5.74) is 0. The molecule has 0 bridgehead atoms. The average molecular weight is 295 g/mol. The highest BCUT2D eigenvalue weighted by atomic mass is 16.7. The van der Waals surface area contributed by atoms with Gasteiger partial charge in [-0.25, -0.2) is 0 Å². The predicted octanol–water partition coefficient (Wildman–Crippen LogP) is 0.540. The molecular formula is C13H29NO6. The van der Waals surface area contributed by atoms with Crippen LogP contribution in [0.1, 0.15) is 6.42 Å². The monoisotopic (exact) mass is 295 g/mol. The Labute approximate surface area is 122 Å². The van der Waals surface area contributed by atoms with Crippen LogP contribution in [0.3, 0.4) is 0 Å². The molecule has 0 heterocycles. The van der Waals surface area contributed by atoms with E-state index >= 15 is 0 Å². The van der Waals surface area contributed by atoms with Crippen LogP contribution in [0.2, 0.25) is 0 Å². The highest BCUT2D eigenvalue weighted by Crippen LogP contribution is 1.94. The minimum Gasteiger partial charge on any atom is -0.359 e. The molecule has 0 aliphatic heterocycles. The number of rotatable bonds is 16. The van der Waals surface area contributed by atoms with Crippen molar-refractivity contribution in [2.24, 2.45) is 0 Å². The minimum atomic E-state index is 0.324. The Morgan fingerprint density at radius 2 is 1.05 bits per heavy atom. The summed E-state index contributed by atoms with van der Waals surface area (Å²) >= 11 is 0. The Balaban J connectivity index is 3.67. The molecular weight excluding hydrogens is 266 g/mol. The van der Waals surface area contributed by atoms with E-state index in [1.54, 1.807) is 21.3 Å². The fourth-order valence-corrected chi connectivity index (χ4v) is 1.54. The van der Waals surface area contributed by atoms with Gasteiger partial charge in [0, 0.05) is 41.0 Å². The maximum atomic E-state index is 5.30. The fraction of sp³-hybridized carbons (Fsp3) is 1.00. The average Bonchev–Trinajstić information content (AvgIpc) is 2.47. The second-order valence-corrected chi connectivity index (χ2v) is 4.14. The maximum absolute atomic E-state index is 5.30. The molecule has 0 aliphatic carbocycles. The Kier molecular flexibility index (Phi) is 16.5. The zero-order valence-corrected chi connectivity index (χ0v) is 13.0. The lowest BCUT2D eigenvalue weighted by Gasteiger charge is -2.22. The van der Waals surface area contributed by atoms with E-state index in [4.69, 9.17) is 28.4 Å². The molecule has 0 saturated carbocycles. The standard InChI is InChI=1S/C13H29NO6/c1-15-11-18-8-4-5-14(6-9-19-12-16-2)7-10-20-13-17-3/h4-13H2,1-3H3. The summed E-state index contributed by atoms with van der Waals surface area (Å²) in [7, 11) is 4.85. The van der Waals surface area contributed by atoms with Gasteiger partial charge in [-0.05, 0) is 6.42 Å². The first kappa shape index (κ1) is 19.7. The first-order valence-electron chi connectivity index (χ1n) is 6.77. The van der Waals surface area contributed by atoms with Crippen LogP contribution in [0.25, 0.3) is 0 Å². The highest BCUT2D eigenvalue weighted by Gasteiger charge is 2.05. The SMILES string of the molecule is COCOCCCN(CCOCOC)CCOCOC. The lowest BCUT2D eigenvalue weighted by Crippen LogP contribution is -2.33. The Morgan fingerprint density at radius 3 is 1.50 bits per heavy atom. The number of hydrogen-bond acceptors (Lipinski definition) is 7. The van der Waals surface area contributed by atoms with E-state index < -0.39 is 0 Å². The number of nitrogens with zero attached hydrogens (tertiary/aromatic N) is 1. The molecule has 0 saturated heterocycles. The van der Waals surface area contributed by atoms with Gasteiger partial charge in [-0.1, -0.05) is 0 Å². The quantitative estimate of drug-likeness (QED) is 0.304. The molecule has 122 valence electrons. The molecule has 0 aromatic heterocycles. The van der Waals surface area contributed by atoms with Crippen LogP contribution in [0.5, 0.6) is 0 Å². The van der Waals surface area contributed by atoms with Crippen molar-refractivity contribution in [1.82, 2.24) is 4.90 Å². The molecule has 0 aromatic rings. The van der Waals surface area contributed by atoms with Gasteiger partial charge in [-0.2, -0.15) is 0 Å². The molecule has 0 aliphatic rings. The van der Waals surface area contributed by atoms with Crippen molar-refractivity contribution in [3.8, 4) is 0 Å². The Morgan fingerprint density at radius 1 is 0.600 bits per heavy atom. The highest BCUT2D eigenvalue weighted by molar-refractivity contribution is 4.57. The van der Waals surface area contributed by atoms with E-state index in [-0.39, 0.29) is 0 Å². The van der Waals surface area contributed by atoms with E-state index in [1.165, 1.54) is 0 Å². The van der Waals surface area contributed by atoms with Crippen LogP contribution in [0.4, 0.5) is 0 Å². The molecule has 0 fully saturated rings. The van der Waals surface area contributed by atoms with Crippen molar-refractivity contribution in [3.05, 3.63) is 0 Å². The number of hydrogen-bond donors (Lipinski definition) is 0. The van der Waals surface area contributed by atoms with Crippen molar-refractivity contribution >= 4 is 0 Å². The third-order valence-corrected chi connectivity index (χ3v) is 2.47. The number of ether oxygens (including phenoxy) is 6. The second kappa shape index (κ2) is 16.8. The van der Waals surface area contributed by atoms with Gasteiger partial charge in [-0.3, -0.25) is 4.90 Å². The van der Waals surface area contributed by atoms with E-state index in [0.29, 0.717) is 40.2 Å². The van der Waals surface area contributed by atoms with Crippen LogP contribution in [-0.2, 0) is 28.4 Å². The summed E-state index contributed by atoms with van der Waals surface area (Å²) in [5.74, 6) is 0. The van der Waals surface area contributed by atoms with Crippen LogP contribution in [0.15, 0.2) is 0 Å². The van der Waals surface area contributed by atoms with E-state index in [0.717, 1.165) is 26.1 Å². The molecule has 0 aromatic carbocycles. The molecule has 0 radical (unpaired) electrons. The van der Waals surface area contributed by atoms with Crippen LogP contribution >= 0.6 is 0 Å². The summed E-state index contributed by atoms with van der Waals surface area (Å²) in [6, 6.07) is 0. The van der Waals surface area contributed by atoms with Crippen LogP contribution in [0, 0.1) is 0 Å². The normalized spacial score (nSPS) is 11.4. The van der Waals surface area contributed by atoms with Crippen molar-refractivity contribution < 1.29 is 28.4 Å². The van der Waals surface area contributed by atoms with Gasteiger partial charge in [0.05, 0.1) is 19.8 Å². The molecule has 0 atom stereocenters. The molecule has 0 unspecified atom stereocenters. The van der Waals surface area contributed by atoms with Crippen LogP contribution in [-0.4, -0.2) is 86.1 Å². The van der Waals surface area contributed by atoms with Gasteiger partial charge in [0.25, 0.3) is 0 Å². The number of methoxy groups -OCH3 is 3. The predicted molar refractivity (Wildman–Crippen MR) is 74.5 cm³/mol. The van der Waals surface area contributed by atoms with E-state index in [9.17, 15) is 0 Å². The Bertz CT molecular complexity index is 172. The topological polar surface area (TPSA) is 58.6 Å².